The van der Waals surface area contributed by atoms with Crippen LogP contribution in [0.1, 0.15) is 11.1 Å². The molecule has 5 heteroatoms. The van der Waals surface area contributed by atoms with E-state index in [0.29, 0.717) is 22.9 Å². The molecule has 0 unspecified atom stereocenters. The number of benzene rings is 1. The number of anilines is 1. The van der Waals surface area contributed by atoms with Crippen LogP contribution in [0.2, 0.25) is 0 Å². The lowest BCUT2D eigenvalue weighted by Crippen LogP contribution is -2.19. The summed E-state index contributed by atoms with van der Waals surface area (Å²) in [5.41, 5.74) is 6.95. The Kier molecular flexibility index (Phi) is 4.06. The fourth-order valence-electron chi connectivity index (χ4n) is 1.74. The van der Waals surface area contributed by atoms with Gasteiger partial charge in [-0.15, -0.1) is 0 Å². The number of hydrogen-bond donors (Lipinski definition) is 1. The van der Waals surface area contributed by atoms with E-state index in [1.807, 2.05) is 18.0 Å². The van der Waals surface area contributed by atoms with Crippen molar-refractivity contribution < 1.29 is 4.39 Å². The normalized spacial score (nSPS) is 10.2. The highest BCUT2D eigenvalue weighted by Crippen LogP contribution is 2.16. The molecule has 0 saturated heterocycles. The highest BCUT2D eigenvalue weighted by molar-refractivity contribution is 7.80. The first-order chi connectivity index (χ1) is 9.08. The monoisotopic (exact) mass is 275 g/mol. The van der Waals surface area contributed by atoms with Crippen molar-refractivity contribution >= 4 is 23.0 Å². The number of halogens is 1. The predicted molar refractivity (Wildman–Crippen MR) is 78.6 cm³/mol. The van der Waals surface area contributed by atoms with Crippen molar-refractivity contribution in [1.82, 2.24) is 4.98 Å². The number of rotatable bonds is 4. The van der Waals surface area contributed by atoms with Gasteiger partial charge in [-0.3, -0.25) is 0 Å². The van der Waals surface area contributed by atoms with E-state index >= 15 is 0 Å². The Hall–Kier alpha value is -2.01. The minimum absolute atomic E-state index is 0.222. The van der Waals surface area contributed by atoms with Gasteiger partial charge in [0.25, 0.3) is 0 Å². The van der Waals surface area contributed by atoms with Crippen LogP contribution < -0.4 is 10.6 Å². The first-order valence-corrected chi connectivity index (χ1v) is 6.19. The zero-order valence-corrected chi connectivity index (χ0v) is 11.3. The van der Waals surface area contributed by atoms with Crippen molar-refractivity contribution in [2.24, 2.45) is 5.73 Å². The molecule has 19 heavy (non-hydrogen) atoms. The molecule has 0 aliphatic heterocycles. The number of nitrogens with two attached hydrogens (primary N) is 1. The largest absolute Gasteiger partial charge is 0.389 e. The summed E-state index contributed by atoms with van der Waals surface area (Å²) in [5.74, 6) is 0.480. The van der Waals surface area contributed by atoms with Crippen molar-refractivity contribution in [3.05, 3.63) is 59.5 Å². The van der Waals surface area contributed by atoms with E-state index in [9.17, 15) is 4.39 Å². The molecule has 0 aliphatic rings. The Bertz CT molecular complexity index is 601. The van der Waals surface area contributed by atoms with Crippen molar-refractivity contribution in [2.45, 2.75) is 6.54 Å². The van der Waals surface area contributed by atoms with Gasteiger partial charge in [0, 0.05) is 30.9 Å². The van der Waals surface area contributed by atoms with Gasteiger partial charge in [-0.25, -0.2) is 9.37 Å². The average molecular weight is 275 g/mol. The van der Waals surface area contributed by atoms with Crippen molar-refractivity contribution in [3.8, 4) is 0 Å². The second-order valence-electron chi connectivity index (χ2n) is 4.21. The van der Waals surface area contributed by atoms with Crippen LogP contribution in [-0.4, -0.2) is 17.0 Å². The Morgan fingerprint density at radius 1 is 1.37 bits per heavy atom. The molecule has 0 spiro atoms. The van der Waals surface area contributed by atoms with Crippen LogP contribution in [-0.2, 0) is 6.54 Å². The molecule has 0 amide bonds. The Balaban J connectivity index is 2.20. The number of hydrogen-bond acceptors (Lipinski definition) is 3. The molecule has 1 aromatic heterocycles. The highest BCUT2D eigenvalue weighted by atomic mass is 32.1. The van der Waals surface area contributed by atoms with E-state index in [0.717, 1.165) is 5.56 Å². The molecule has 3 nitrogen and oxygen atoms in total. The number of aromatic nitrogens is 1. The third-order valence-corrected chi connectivity index (χ3v) is 3.02. The highest BCUT2D eigenvalue weighted by Gasteiger charge is 2.08. The fourth-order valence-corrected chi connectivity index (χ4v) is 1.87. The van der Waals surface area contributed by atoms with E-state index in [-0.39, 0.29) is 5.82 Å². The minimum atomic E-state index is -0.222. The fraction of sp³-hybridized carbons (Fsp3) is 0.143. The smallest absolute Gasteiger partial charge is 0.129 e. The summed E-state index contributed by atoms with van der Waals surface area (Å²) >= 11 is 4.93. The molecule has 0 bridgehead atoms. The van der Waals surface area contributed by atoms with Gasteiger partial charge in [-0.1, -0.05) is 30.4 Å². The van der Waals surface area contributed by atoms with Crippen LogP contribution in [0.4, 0.5) is 10.2 Å². The third kappa shape index (κ3) is 3.26. The summed E-state index contributed by atoms with van der Waals surface area (Å²) in [7, 11) is 1.85. The molecular formula is C14H14FN3S. The molecule has 0 radical (unpaired) electrons. The molecule has 1 aromatic carbocycles. The summed E-state index contributed by atoms with van der Waals surface area (Å²) in [5, 5.41) is 0. The topological polar surface area (TPSA) is 42.1 Å². The zero-order valence-electron chi connectivity index (χ0n) is 10.5. The minimum Gasteiger partial charge on any atom is -0.389 e. The average Bonchev–Trinajstić information content (AvgIpc) is 2.41. The van der Waals surface area contributed by atoms with Gasteiger partial charge in [0.1, 0.15) is 16.6 Å². The van der Waals surface area contributed by atoms with Gasteiger partial charge in [0.15, 0.2) is 0 Å². The second-order valence-corrected chi connectivity index (χ2v) is 4.65. The quantitative estimate of drug-likeness (QED) is 0.871. The molecule has 98 valence electrons. The van der Waals surface area contributed by atoms with Gasteiger partial charge < -0.3 is 10.6 Å². The van der Waals surface area contributed by atoms with Crippen LogP contribution >= 0.6 is 12.2 Å². The SMILES string of the molecule is CN(Cc1ccccc1F)c1cc(C(N)=S)ccn1. The predicted octanol–water partition coefficient (Wildman–Crippen LogP) is 2.49. The lowest BCUT2D eigenvalue weighted by Gasteiger charge is -2.19. The van der Waals surface area contributed by atoms with Crippen LogP contribution in [0, 0.1) is 5.82 Å². The number of thiocarbonyl (C=S) groups is 1. The van der Waals surface area contributed by atoms with E-state index in [1.165, 1.54) is 6.07 Å². The van der Waals surface area contributed by atoms with Gasteiger partial charge >= 0.3 is 0 Å². The summed E-state index contributed by atoms with van der Waals surface area (Å²) in [6.07, 6.45) is 1.64. The summed E-state index contributed by atoms with van der Waals surface area (Å²) in [6, 6.07) is 10.2. The summed E-state index contributed by atoms with van der Waals surface area (Å²) < 4.78 is 13.6. The Morgan fingerprint density at radius 3 is 2.79 bits per heavy atom. The van der Waals surface area contributed by atoms with Crippen molar-refractivity contribution in [2.75, 3.05) is 11.9 Å². The molecule has 2 aromatic rings. The molecule has 0 aliphatic carbocycles. The number of pyridine rings is 1. The molecule has 0 atom stereocenters. The maximum absolute atomic E-state index is 13.6. The molecular weight excluding hydrogens is 261 g/mol. The van der Waals surface area contributed by atoms with Crippen LogP contribution in [0.25, 0.3) is 0 Å². The van der Waals surface area contributed by atoms with E-state index in [2.05, 4.69) is 4.98 Å². The van der Waals surface area contributed by atoms with Crippen LogP contribution in [0.15, 0.2) is 42.6 Å². The lowest BCUT2D eigenvalue weighted by atomic mass is 10.2. The maximum Gasteiger partial charge on any atom is 0.129 e. The molecule has 2 N–H and O–H groups in total. The Labute approximate surface area is 116 Å². The molecule has 0 saturated carbocycles. The molecule has 0 fully saturated rings. The van der Waals surface area contributed by atoms with Crippen LogP contribution in [0.5, 0.6) is 0 Å². The van der Waals surface area contributed by atoms with Gasteiger partial charge in [-0.05, 0) is 18.2 Å². The van der Waals surface area contributed by atoms with E-state index < -0.39 is 0 Å². The van der Waals surface area contributed by atoms with E-state index in [4.69, 9.17) is 18.0 Å². The second kappa shape index (κ2) is 5.75. The van der Waals surface area contributed by atoms with E-state index in [1.54, 1.807) is 30.5 Å². The summed E-state index contributed by atoms with van der Waals surface area (Å²) in [6.45, 7) is 0.431. The molecule has 2 rings (SSSR count). The number of nitrogens with zero attached hydrogens (tertiary/aromatic N) is 2. The van der Waals surface area contributed by atoms with Gasteiger partial charge in [0.2, 0.25) is 0 Å². The summed E-state index contributed by atoms with van der Waals surface area (Å²) in [4.78, 5) is 6.41. The third-order valence-electron chi connectivity index (χ3n) is 2.79. The molecule has 1 heterocycles. The van der Waals surface area contributed by atoms with Crippen molar-refractivity contribution in [3.63, 3.8) is 0 Å². The standard InChI is InChI=1S/C14H14FN3S/c1-18(9-11-4-2-3-5-12(11)15)13-8-10(14(16)19)6-7-17-13/h2-8H,9H2,1H3,(H2,16,19). The van der Waals surface area contributed by atoms with Gasteiger partial charge in [-0.2, -0.15) is 0 Å². The van der Waals surface area contributed by atoms with Crippen molar-refractivity contribution in [1.29, 1.82) is 0 Å². The zero-order chi connectivity index (χ0) is 13.8. The lowest BCUT2D eigenvalue weighted by molar-refractivity contribution is 0.607. The Morgan fingerprint density at radius 2 is 2.11 bits per heavy atom. The van der Waals surface area contributed by atoms with Gasteiger partial charge in [0.05, 0.1) is 0 Å². The first kappa shape index (κ1) is 13.4. The maximum atomic E-state index is 13.6. The first-order valence-electron chi connectivity index (χ1n) is 5.78. The van der Waals surface area contributed by atoms with Crippen LogP contribution in [0.3, 0.4) is 0 Å².